The molecule has 0 aromatic heterocycles. The molecule has 0 heterocycles. The summed E-state index contributed by atoms with van der Waals surface area (Å²) in [6.45, 7) is 4.45. The van der Waals surface area contributed by atoms with E-state index in [0.717, 1.165) is 161 Å². The van der Waals surface area contributed by atoms with E-state index in [9.17, 15) is 19.5 Å². The number of carbonyl (C=O) groups excluding carboxylic acids is 3. The zero-order chi connectivity index (χ0) is 66.1. The second-order valence-corrected chi connectivity index (χ2v) is 23.7. The highest BCUT2D eigenvalue weighted by Crippen LogP contribution is 2.14. The van der Waals surface area contributed by atoms with E-state index in [0.29, 0.717) is 23.9 Å². The van der Waals surface area contributed by atoms with E-state index in [1.54, 1.807) is 0 Å². The van der Waals surface area contributed by atoms with Gasteiger partial charge >= 0.3 is 11.9 Å². The van der Waals surface area contributed by atoms with E-state index in [-0.39, 0.29) is 32.7 Å². The number of nitrogens with zero attached hydrogens (tertiary/aromatic N) is 1. The van der Waals surface area contributed by atoms with Crippen molar-refractivity contribution >= 4 is 17.9 Å². The number of ether oxygens (including phenoxy) is 4. The molecule has 0 amide bonds. The molecule has 2 unspecified atom stereocenters. The van der Waals surface area contributed by atoms with Gasteiger partial charge in [-0.2, -0.15) is 0 Å². The molecular formula is C82H127NO8. The molecule has 91 heavy (non-hydrogen) atoms. The number of unbranched alkanes of at least 4 members (excludes halogenated alkanes) is 13. The topological polar surface area (TPSA) is 111 Å². The number of carbonyl (C=O) groups is 3. The summed E-state index contributed by atoms with van der Waals surface area (Å²) < 4.78 is 22.7. The van der Waals surface area contributed by atoms with Crippen LogP contribution in [0, 0.1) is 0 Å². The van der Waals surface area contributed by atoms with Gasteiger partial charge in [0.05, 0.1) is 40.3 Å². The van der Waals surface area contributed by atoms with E-state index in [1.807, 2.05) is 21.1 Å². The first-order chi connectivity index (χ1) is 44.6. The highest BCUT2D eigenvalue weighted by Gasteiger charge is 2.22. The molecule has 0 saturated heterocycles. The number of hydrogen-bond acceptors (Lipinski definition) is 8. The van der Waals surface area contributed by atoms with Crippen LogP contribution in [0.25, 0.3) is 0 Å². The number of likely N-dealkylation sites (N-methyl/N-ethyl adjacent to an activating group) is 1. The monoisotopic (exact) mass is 1250 g/mol. The third-order valence-electron chi connectivity index (χ3n) is 14.0. The van der Waals surface area contributed by atoms with Crippen LogP contribution < -0.4 is 5.11 Å². The maximum absolute atomic E-state index is 12.9. The summed E-state index contributed by atoms with van der Waals surface area (Å²) in [5, 5.41) is 11.8. The van der Waals surface area contributed by atoms with Crippen LogP contribution in [0.15, 0.2) is 207 Å². The van der Waals surface area contributed by atoms with Crippen LogP contribution in [-0.4, -0.2) is 82.3 Å². The molecule has 0 saturated carbocycles. The Morgan fingerprint density at radius 1 is 0.330 bits per heavy atom. The maximum atomic E-state index is 12.9. The lowest BCUT2D eigenvalue weighted by Gasteiger charge is -2.26. The standard InChI is InChI=1S/C82H127NO8/c1-6-8-10-12-14-16-18-20-22-24-26-28-30-32-34-36-37-38-39-40-41-42-43-45-47-49-51-53-55-57-59-61-63-65-67-69-71-73-80(85)91-78(77-90-82(81(86)87)88-75-74-83(3,4)5)76-89-79(84)72-70-68-66-64-62-60-58-56-54-52-50-48-46-44-35-33-31-29-27-25-23-21-19-17-15-13-11-9-7-2/h8-11,14-17,20-23,26-29,32-35,37-38,40-41,43,45-46,48-49,51-52,54,58,60,78,82H,6-7,12-13,18-19,24-25,30-31,36,39,42,44,47,50,53,55-57,59,61-77H2,1-5H3/b10-8-,11-9-,16-14-,17-15-,22-20-,23-21-,28-26-,29-27-,34-32-,35-33-,38-37-,41-40-,45-43-,48-46-,51-49-,54-52-,60-58-. The van der Waals surface area contributed by atoms with E-state index < -0.39 is 30.3 Å². The largest absolute Gasteiger partial charge is 0.545 e. The van der Waals surface area contributed by atoms with Gasteiger partial charge in [-0.15, -0.1) is 0 Å². The summed E-state index contributed by atoms with van der Waals surface area (Å²) in [4.78, 5) is 37.5. The van der Waals surface area contributed by atoms with E-state index in [1.165, 1.54) is 32.1 Å². The highest BCUT2D eigenvalue weighted by molar-refractivity contribution is 5.70. The Balaban J connectivity index is 4.27. The predicted molar refractivity (Wildman–Crippen MR) is 388 cm³/mol. The molecule has 0 aliphatic rings. The number of aliphatic carboxylic acids is 1. The van der Waals surface area contributed by atoms with Crippen LogP contribution in [-0.2, 0) is 33.3 Å². The Labute approximate surface area is 556 Å². The van der Waals surface area contributed by atoms with Crippen molar-refractivity contribution in [1.82, 2.24) is 0 Å². The summed E-state index contributed by atoms with van der Waals surface area (Å²) in [6.07, 6.45) is 106. The van der Waals surface area contributed by atoms with Crippen molar-refractivity contribution in [2.24, 2.45) is 0 Å². The van der Waals surface area contributed by atoms with Gasteiger partial charge in [0.2, 0.25) is 0 Å². The molecule has 0 aliphatic heterocycles. The summed E-state index contributed by atoms with van der Waals surface area (Å²) in [6, 6.07) is 0. The summed E-state index contributed by atoms with van der Waals surface area (Å²) >= 11 is 0. The summed E-state index contributed by atoms with van der Waals surface area (Å²) in [5.74, 6) is -2.35. The van der Waals surface area contributed by atoms with Crippen molar-refractivity contribution in [2.45, 2.75) is 245 Å². The SMILES string of the molecule is CC/C=C\C/C=C\C/C=C\C/C=C\C/C=C\C/C=C\C/C=C\C/C=C\C/C=C\CCCCCCCCCCCC(=O)OC(COC(=O)CCCCCC/C=C\C/C=C\C/C=C\C/C=C\C/C=C\C/C=C\C/C=C\C/C=C\CC)COC(OCC[N+](C)(C)C)C(=O)[O-]. The highest BCUT2D eigenvalue weighted by atomic mass is 16.7. The minimum absolute atomic E-state index is 0.130. The van der Waals surface area contributed by atoms with Gasteiger partial charge in [-0.05, 0) is 148 Å². The van der Waals surface area contributed by atoms with Crippen molar-refractivity contribution in [2.75, 3.05) is 47.5 Å². The van der Waals surface area contributed by atoms with Crippen molar-refractivity contribution in [3.05, 3.63) is 207 Å². The predicted octanol–water partition coefficient (Wildman–Crippen LogP) is 21.0. The van der Waals surface area contributed by atoms with Crippen LogP contribution >= 0.6 is 0 Å². The fraction of sp³-hybridized carbons (Fsp3) is 0.549. The lowest BCUT2D eigenvalue weighted by atomic mass is 10.1. The van der Waals surface area contributed by atoms with Crippen LogP contribution in [0.4, 0.5) is 0 Å². The average Bonchev–Trinajstić information content (AvgIpc) is 3.50. The van der Waals surface area contributed by atoms with Gasteiger partial charge < -0.3 is 33.3 Å². The summed E-state index contributed by atoms with van der Waals surface area (Å²) in [5.41, 5.74) is 0. The van der Waals surface area contributed by atoms with Crippen molar-refractivity contribution in [1.29, 1.82) is 0 Å². The molecule has 0 aromatic rings. The van der Waals surface area contributed by atoms with E-state index >= 15 is 0 Å². The normalized spacial score (nSPS) is 14.0. The lowest BCUT2D eigenvalue weighted by Crippen LogP contribution is -2.44. The second-order valence-electron chi connectivity index (χ2n) is 23.7. The smallest absolute Gasteiger partial charge is 0.306 e. The number of carboxylic acids is 1. The molecule has 9 nitrogen and oxygen atoms in total. The molecule has 0 aliphatic carbocycles. The molecule has 0 aromatic carbocycles. The number of rotatable bonds is 62. The third kappa shape index (κ3) is 71.2. The van der Waals surface area contributed by atoms with Crippen LogP contribution in [0.3, 0.4) is 0 Å². The Morgan fingerprint density at radius 3 is 0.879 bits per heavy atom. The fourth-order valence-electron chi connectivity index (χ4n) is 8.72. The van der Waals surface area contributed by atoms with Crippen molar-refractivity contribution in [3.8, 4) is 0 Å². The molecule has 0 spiro atoms. The first kappa shape index (κ1) is 84.9. The molecule has 9 heteroatoms. The van der Waals surface area contributed by atoms with Gasteiger partial charge in [-0.25, -0.2) is 0 Å². The molecule has 0 fully saturated rings. The number of hydrogen-bond donors (Lipinski definition) is 0. The number of esters is 2. The molecular weight excluding hydrogens is 1130 g/mol. The fourth-order valence-corrected chi connectivity index (χ4v) is 8.72. The number of carboxylic acid groups (broad SMARTS) is 1. The lowest BCUT2D eigenvalue weighted by molar-refractivity contribution is -0.870. The Bertz CT molecular complexity index is 2250. The quantitative estimate of drug-likeness (QED) is 0.0195. The Hall–Kier alpha value is -6.13. The molecule has 2 atom stereocenters. The molecule has 0 N–H and O–H groups in total. The minimum Gasteiger partial charge on any atom is -0.545 e. The van der Waals surface area contributed by atoms with Crippen LogP contribution in [0.2, 0.25) is 0 Å². The van der Waals surface area contributed by atoms with Gasteiger partial charge in [-0.1, -0.05) is 278 Å². The first-order valence-electron chi connectivity index (χ1n) is 35.2. The molecule has 508 valence electrons. The Kier molecular flexibility index (Phi) is 65.1. The minimum atomic E-state index is -1.64. The first-order valence-corrected chi connectivity index (χ1v) is 35.2. The zero-order valence-corrected chi connectivity index (χ0v) is 57.9. The van der Waals surface area contributed by atoms with Gasteiger partial charge in [-0.3, -0.25) is 9.59 Å². The third-order valence-corrected chi connectivity index (χ3v) is 14.0. The van der Waals surface area contributed by atoms with Crippen LogP contribution in [0.5, 0.6) is 0 Å². The van der Waals surface area contributed by atoms with Crippen molar-refractivity contribution in [3.63, 3.8) is 0 Å². The van der Waals surface area contributed by atoms with Gasteiger partial charge in [0.25, 0.3) is 0 Å². The maximum Gasteiger partial charge on any atom is 0.306 e. The summed E-state index contributed by atoms with van der Waals surface area (Å²) in [7, 11) is 5.90. The molecule has 0 rings (SSSR count). The molecule has 0 bridgehead atoms. The van der Waals surface area contributed by atoms with Crippen LogP contribution in [0.1, 0.15) is 232 Å². The van der Waals surface area contributed by atoms with Gasteiger partial charge in [0, 0.05) is 12.8 Å². The molecule has 0 radical (unpaired) electrons. The average molecular weight is 1250 g/mol. The number of allylic oxidation sites excluding steroid dienone is 34. The number of quaternary nitrogens is 1. The van der Waals surface area contributed by atoms with E-state index in [2.05, 4.69) is 220 Å². The van der Waals surface area contributed by atoms with E-state index in [4.69, 9.17) is 18.9 Å². The van der Waals surface area contributed by atoms with Gasteiger partial charge in [0.15, 0.2) is 12.4 Å². The second kappa shape index (κ2) is 69.8. The van der Waals surface area contributed by atoms with Crippen molar-refractivity contribution < 1.29 is 42.9 Å². The zero-order valence-electron chi connectivity index (χ0n) is 57.9. The van der Waals surface area contributed by atoms with Gasteiger partial charge in [0.1, 0.15) is 13.2 Å². The Morgan fingerprint density at radius 2 is 0.593 bits per heavy atom.